The fraction of sp³-hybridized carbons (Fsp3) is 1.00. The first-order valence-corrected chi connectivity index (χ1v) is 6.01. The first-order valence-electron chi connectivity index (χ1n) is 4.12. The van der Waals surface area contributed by atoms with Gasteiger partial charge < -0.3 is 11.5 Å². The highest BCUT2D eigenvalue weighted by atomic mass is 32.2. The van der Waals surface area contributed by atoms with E-state index in [2.05, 4.69) is 0 Å². The van der Waals surface area contributed by atoms with Gasteiger partial charge in [0.15, 0.2) is 9.84 Å². The third-order valence-electron chi connectivity index (χ3n) is 2.65. The topological polar surface area (TPSA) is 86.2 Å². The first kappa shape index (κ1) is 9.95. The molecule has 72 valence electrons. The lowest BCUT2D eigenvalue weighted by atomic mass is 9.91. The Morgan fingerprint density at radius 3 is 2.33 bits per heavy atom. The average molecular weight is 192 g/mol. The van der Waals surface area contributed by atoms with Gasteiger partial charge in [0.05, 0.1) is 0 Å². The van der Waals surface area contributed by atoms with Crippen molar-refractivity contribution in [2.75, 3.05) is 6.26 Å². The van der Waals surface area contributed by atoms with E-state index in [4.69, 9.17) is 11.5 Å². The molecule has 0 aromatic carbocycles. The van der Waals surface area contributed by atoms with Crippen molar-refractivity contribution in [2.24, 2.45) is 11.5 Å². The van der Waals surface area contributed by atoms with Gasteiger partial charge in [-0.25, -0.2) is 8.42 Å². The van der Waals surface area contributed by atoms with E-state index in [9.17, 15) is 8.42 Å². The molecule has 1 aliphatic carbocycles. The monoisotopic (exact) mass is 192 g/mol. The van der Waals surface area contributed by atoms with E-state index < -0.39 is 20.8 Å². The van der Waals surface area contributed by atoms with E-state index in [1.165, 1.54) is 0 Å². The summed E-state index contributed by atoms with van der Waals surface area (Å²) in [5.74, 6) is 0. The Hall–Kier alpha value is -0.130. The Labute approximate surface area is 73.2 Å². The predicted octanol–water partition coefficient (Wildman–Crippen LogP) is -0.413. The molecule has 0 heterocycles. The van der Waals surface area contributed by atoms with Gasteiger partial charge in [-0.3, -0.25) is 0 Å². The normalized spacial score (nSPS) is 38.1. The van der Waals surface area contributed by atoms with Crippen LogP contribution in [0.1, 0.15) is 25.7 Å². The second-order valence-electron chi connectivity index (χ2n) is 3.58. The minimum absolute atomic E-state index is 0.402. The van der Waals surface area contributed by atoms with Crippen LogP contribution < -0.4 is 11.5 Å². The van der Waals surface area contributed by atoms with Crippen LogP contribution in [-0.2, 0) is 9.84 Å². The van der Waals surface area contributed by atoms with Crippen molar-refractivity contribution in [2.45, 2.75) is 36.6 Å². The van der Waals surface area contributed by atoms with Crippen molar-refractivity contribution in [1.29, 1.82) is 0 Å². The number of hydrogen-bond donors (Lipinski definition) is 2. The van der Waals surface area contributed by atoms with Gasteiger partial charge in [0.25, 0.3) is 0 Å². The Morgan fingerprint density at radius 1 is 1.42 bits per heavy atom. The van der Waals surface area contributed by atoms with Gasteiger partial charge in [-0.1, -0.05) is 12.8 Å². The Balaban J connectivity index is 2.95. The third-order valence-corrected chi connectivity index (χ3v) is 4.54. The number of sulfone groups is 1. The summed E-state index contributed by atoms with van der Waals surface area (Å²) in [4.78, 5) is -1.18. The molecule has 0 spiro atoms. The molecule has 2 unspecified atom stereocenters. The lowest BCUT2D eigenvalue weighted by Gasteiger charge is -2.37. The zero-order valence-electron chi connectivity index (χ0n) is 7.29. The average Bonchev–Trinajstić information content (AvgIpc) is 1.93. The number of nitrogens with two attached hydrogens (primary N) is 2. The van der Waals surface area contributed by atoms with Gasteiger partial charge in [-0.15, -0.1) is 0 Å². The van der Waals surface area contributed by atoms with Crippen LogP contribution in [0.2, 0.25) is 0 Å². The number of rotatable bonds is 1. The molecule has 0 aromatic rings. The van der Waals surface area contributed by atoms with Crippen LogP contribution in [0.25, 0.3) is 0 Å². The van der Waals surface area contributed by atoms with E-state index in [1.54, 1.807) is 0 Å². The van der Waals surface area contributed by atoms with Gasteiger partial charge in [0, 0.05) is 12.3 Å². The van der Waals surface area contributed by atoms with Gasteiger partial charge in [-0.2, -0.15) is 0 Å². The molecule has 12 heavy (non-hydrogen) atoms. The van der Waals surface area contributed by atoms with E-state index in [-0.39, 0.29) is 0 Å². The van der Waals surface area contributed by atoms with Crippen molar-refractivity contribution in [3.05, 3.63) is 0 Å². The molecule has 0 amide bonds. The molecule has 4 nitrogen and oxygen atoms in total. The summed E-state index contributed by atoms with van der Waals surface area (Å²) < 4.78 is 22.6. The maximum atomic E-state index is 11.3. The zero-order valence-corrected chi connectivity index (χ0v) is 8.10. The second kappa shape index (κ2) is 2.97. The van der Waals surface area contributed by atoms with Crippen LogP contribution in [-0.4, -0.2) is 25.6 Å². The quantitative estimate of drug-likeness (QED) is 0.591. The molecular weight excluding hydrogens is 176 g/mol. The summed E-state index contributed by atoms with van der Waals surface area (Å²) >= 11 is 0. The highest BCUT2D eigenvalue weighted by Gasteiger charge is 2.43. The summed E-state index contributed by atoms with van der Waals surface area (Å²) in [6, 6.07) is -0.402. The Morgan fingerprint density at radius 2 is 2.00 bits per heavy atom. The highest BCUT2D eigenvalue weighted by Crippen LogP contribution is 2.29. The van der Waals surface area contributed by atoms with Crippen LogP contribution in [0.5, 0.6) is 0 Å². The molecule has 4 N–H and O–H groups in total. The molecule has 0 aromatic heterocycles. The molecular formula is C7H16N2O2S. The summed E-state index contributed by atoms with van der Waals surface area (Å²) in [7, 11) is -3.22. The molecule has 1 rings (SSSR count). The van der Waals surface area contributed by atoms with Gasteiger partial charge >= 0.3 is 0 Å². The largest absolute Gasteiger partial charge is 0.325 e. The summed E-state index contributed by atoms with van der Waals surface area (Å²) in [6.45, 7) is 0. The summed E-state index contributed by atoms with van der Waals surface area (Å²) in [6.07, 6.45) is 4.21. The zero-order chi connectivity index (χ0) is 9.41. The fourth-order valence-electron chi connectivity index (χ4n) is 1.66. The molecule has 0 aliphatic heterocycles. The van der Waals surface area contributed by atoms with Crippen molar-refractivity contribution in [3.8, 4) is 0 Å². The van der Waals surface area contributed by atoms with Crippen molar-refractivity contribution < 1.29 is 8.42 Å². The third kappa shape index (κ3) is 1.48. The molecule has 0 radical (unpaired) electrons. The lowest BCUT2D eigenvalue weighted by Crippen LogP contribution is -2.61. The van der Waals surface area contributed by atoms with E-state index in [0.29, 0.717) is 12.8 Å². The van der Waals surface area contributed by atoms with E-state index in [1.807, 2.05) is 0 Å². The standard InChI is InChI=1S/C7H16N2O2S/c1-12(10,11)7(9)5-3-2-4-6(7)8/h6H,2-5,8-9H2,1H3. The fourth-order valence-corrected chi connectivity index (χ4v) is 2.84. The summed E-state index contributed by atoms with van der Waals surface area (Å²) in [5.41, 5.74) is 11.5. The molecule has 2 atom stereocenters. The van der Waals surface area contributed by atoms with Crippen LogP contribution in [0.15, 0.2) is 0 Å². The van der Waals surface area contributed by atoms with Crippen LogP contribution >= 0.6 is 0 Å². The predicted molar refractivity (Wildman–Crippen MR) is 48.2 cm³/mol. The molecule has 1 saturated carbocycles. The second-order valence-corrected chi connectivity index (χ2v) is 5.88. The minimum Gasteiger partial charge on any atom is -0.325 e. The molecule has 5 heteroatoms. The van der Waals surface area contributed by atoms with Crippen molar-refractivity contribution in [3.63, 3.8) is 0 Å². The maximum Gasteiger partial charge on any atom is 0.167 e. The van der Waals surface area contributed by atoms with Crippen LogP contribution in [0.3, 0.4) is 0 Å². The molecule has 1 aliphatic rings. The minimum atomic E-state index is -3.22. The Bertz CT molecular complexity index is 263. The maximum absolute atomic E-state index is 11.3. The van der Waals surface area contributed by atoms with Gasteiger partial charge in [-0.05, 0) is 12.8 Å². The molecule has 1 fully saturated rings. The first-order chi connectivity index (χ1) is 5.38. The van der Waals surface area contributed by atoms with E-state index in [0.717, 1.165) is 19.1 Å². The van der Waals surface area contributed by atoms with Crippen molar-refractivity contribution >= 4 is 9.84 Å². The number of hydrogen-bond acceptors (Lipinski definition) is 4. The van der Waals surface area contributed by atoms with Crippen LogP contribution in [0.4, 0.5) is 0 Å². The van der Waals surface area contributed by atoms with Crippen molar-refractivity contribution in [1.82, 2.24) is 0 Å². The van der Waals surface area contributed by atoms with Gasteiger partial charge in [0.1, 0.15) is 4.87 Å². The van der Waals surface area contributed by atoms with Crippen LogP contribution in [0, 0.1) is 0 Å². The summed E-state index contributed by atoms with van der Waals surface area (Å²) in [5, 5.41) is 0. The molecule has 0 bridgehead atoms. The smallest absolute Gasteiger partial charge is 0.167 e. The van der Waals surface area contributed by atoms with Gasteiger partial charge in [0.2, 0.25) is 0 Å². The SMILES string of the molecule is CS(=O)(=O)C1(N)CCCCC1N. The highest BCUT2D eigenvalue weighted by molar-refractivity contribution is 7.92. The molecule has 0 saturated heterocycles. The van der Waals surface area contributed by atoms with E-state index >= 15 is 0 Å². The lowest BCUT2D eigenvalue weighted by molar-refractivity contribution is 0.334. The Kier molecular flexibility index (Phi) is 2.47.